The molecule has 19 heavy (non-hydrogen) atoms. The van der Waals surface area contributed by atoms with Crippen LogP contribution < -0.4 is 0 Å². The van der Waals surface area contributed by atoms with Crippen molar-refractivity contribution in [2.45, 2.75) is 38.5 Å². The zero-order valence-corrected chi connectivity index (χ0v) is 11.8. The Morgan fingerprint density at radius 2 is 1.68 bits per heavy atom. The van der Waals surface area contributed by atoms with E-state index in [1.54, 1.807) is 0 Å². The Morgan fingerprint density at radius 1 is 0.947 bits per heavy atom. The summed E-state index contributed by atoms with van der Waals surface area (Å²) < 4.78 is 11.3. The molecule has 1 radical (unpaired) electrons. The first kappa shape index (κ1) is 14.5. The van der Waals surface area contributed by atoms with Crippen molar-refractivity contribution in [2.75, 3.05) is 26.4 Å². The molecule has 1 fully saturated rings. The van der Waals surface area contributed by atoms with Crippen LogP contribution in [0.25, 0.3) is 0 Å². The van der Waals surface area contributed by atoms with Gasteiger partial charge < -0.3 is 9.47 Å². The van der Waals surface area contributed by atoms with Crippen molar-refractivity contribution in [2.24, 2.45) is 5.92 Å². The largest absolute Gasteiger partial charge is 0.379 e. The summed E-state index contributed by atoms with van der Waals surface area (Å²) in [7, 11) is 0. The molecule has 0 aromatic heterocycles. The fourth-order valence-corrected chi connectivity index (χ4v) is 2.60. The van der Waals surface area contributed by atoms with Crippen molar-refractivity contribution < 1.29 is 9.47 Å². The maximum absolute atomic E-state index is 5.70. The van der Waals surface area contributed by atoms with Gasteiger partial charge in [-0.3, -0.25) is 0 Å². The molecule has 2 heteroatoms. The van der Waals surface area contributed by atoms with Gasteiger partial charge in [-0.25, -0.2) is 0 Å². The highest BCUT2D eigenvalue weighted by atomic mass is 16.5. The van der Waals surface area contributed by atoms with Crippen LogP contribution in [-0.4, -0.2) is 26.4 Å². The van der Waals surface area contributed by atoms with Crippen LogP contribution in [0.4, 0.5) is 0 Å². The summed E-state index contributed by atoms with van der Waals surface area (Å²) in [5, 5.41) is 0. The summed E-state index contributed by atoms with van der Waals surface area (Å²) in [5.41, 5.74) is 1.31. The third-order valence-corrected chi connectivity index (χ3v) is 3.77. The Balaban J connectivity index is 1.42. The van der Waals surface area contributed by atoms with Gasteiger partial charge in [0.25, 0.3) is 0 Å². The lowest BCUT2D eigenvalue weighted by Gasteiger charge is -2.21. The smallest absolute Gasteiger partial charge is 0.0700 e. The van der Waals surface area contributed by atoms with Crippen LogP contribution in [0.15, 0.2) is 24.3 Å². The minimum absolute atomic E-state index is 0.714. The van der Waals surface area contributed by atoms with Gasteiger partial charge in [0.2, 0.25) is 0 Å². The summed E-state index contributed by atoms with van der Waals surface area (Å²) in [6.45, 7) is 3.15. The fourth-order valence-electron chi connectivity index (χ4n) is 2.60. The minimum Gasteiger partial charge on any atom is -0.379 e. The van der Waals surface area contributed by atoms with Gasteiger partial charge in [0.15, 0.2) is 0 Å². The summed E-state index contributed by atoms with van der Waals surface area (Å²) in [6, 6.07) is 11.1. The zero-order chi connectivity index (χ0) is 13.2. The fraction of sp³-hybridized carbons (Fsp3) is 0.647. The molecular formula is C17H25O2. The second kappa shape index (κ2) is 9.11. The molecule has 0 unspecified atom stereocenters. The van der Waals surface area contributed by atoms with E-state index in [-0.39, 0.29) is 0 Å². The maximum atomic E-state index is 5.70. The van der Waals surface area contributed by atoms with E-state index >= 15 is 0 Å². The average Bonchev–Trinajstić information content (AvgIpc) is 2.48. The van der Waals surface area contributed by atoms with Gasteiger partial charge in [-0.05, 0) is 36.8 Å². The van der Waals surface area contributed by atoms with Crippen LogP contribution >= 0.6 is 0 Å². The molecule has 0 aliphatic heterocycles. The van der Waals surface area contributed by atoms with E-state index in [0.29, 0.717) is 6.61 Å². The highest BCUT2D eigenvalue weighted by Crippen LogP contribution is 2.23. The lowest BCUT2D eigenvalue weighted by Crippen LogP contribution is -2.15. The molecule has 1 aromatic carbocycles. The first-order chi connectivity index (χ1) is 9.45. The van der Waals surface area contributed by atoms with Crippen molar-refractivity contribution >= 4 is 0 Å². The summed E-state index contributed by atoms with van der Waals surface area (Å²) in [4.78, 5) is 0. The van der Waals surface area contributed by atoms with Crippen molar-refractivity contribution in [3.63, 3.8) is 0 Å². The van der Waals surface area contributed by atoms with Gasteiger partial charge in [-0.1, -0.05) is 43.5 Å². The molecular weight excluding hydrogens is 236 g/mol. The van der Waals surface area contributed by atoms with E-state index in [1.807, 2.05) is 12.1 Å². The van der Waals surface area contributed by atoms with E-state index in [9.17, 15) is 0 Å². The normalized spacial score (nSPS) is 16.6. The van der Waals surface area contributed by atoms with E-state index < -0.39 is 0 Å². The Bertz CT molecular complexity index is 317. The predicted octanol–water partition coefficient (Wildman–Crippen LogP) is 3.64. The molecule has 0 spiro atoms. The van der Waals surface area contributed by atoms with Crippen molar-refractivity contribution in [1.82, 2.24) is 0 Å². The SMILES string of the molecule is [c]1ccc(CCOCCOCC2CCCCC2)cc1. The van der Waals surface area contributed by atoms with Crippen molar-refractivity contribution in [3.05, 3.63) is 35.9 Å². The lowest BCUT2D eigenvalue weighted by atomic mass is 9.90. The van der Waals surface area contributed by atoms with Crippen molar-refractivity contribution in [1.29, 1.82) is 0 Å². The Morgan fingerprint density at radius 3 is 2.47 bits per heavy atom. The number of hydrogen-bond donors (Lipinski definition) is 0. The quantitative estimate of drug-likeness (QED) is 0.665. The molecule has 105 valence electrons. The molecule has 1 aromatic rings. The standard InChI is InChI=1S/C17H25O2/c1-3-7-16(8-4-1)11-12-18-13-14-19-15-17-9-5-2-6-10-17/h3-4,7-8,17H,2,5-6,9-15H2. The van der Waals surface area contributed by atoms with Crippen LogP contribution in [0.1, 0.15) is 37.7 Å². The lowest BCUT2D eigenvalue weighted by molar-refractivity contribution is 0.0286. The molecule has 2 nitrogen and oxygen atoms in total. The predicted molar refractivity (Wildman–Crippen MR) is 77.2 cm³/mol. The molecule has 2 rings (SSSR count). The highest BCUT2D eigenvalue weighted by molar-refractivity contribution is 5.13. The van der Waals surface area contributed by atoms with Gasteiger partial charge >= 0.3 is 0 Å². The van der Waals surface area contributed by atoms with E-state index in [0.717, 1.165) is 32.2 Å². The van der Waals surface area contributed by atoms with Crippen LogP contribution in [0.2, 0.25) is 0 Å². The van der Waals surface area contributed by atoms with Gasteiger partial charge in [-0.2, -0.15) is 0 Å². The second-order valence-corrected chi connectivity index (χ2v) is 5.35. The molecule has 1 saturated carbocycles. The van der Waals surface area contributed by atoms with Crippen LogP contribution in [-0.2, 0) is 15.9 Å². The highest BCUT2D eigenvalue weighted by Gasteiger charge is 2.12. The molecule has 0 heterocycles. The van der Waals surface area contributed by atoms with Crippen LogP contribution in [0.5, 0.6) is 0 Å². The molecule has 0 atom stereocenters. The molecule has 0 bridgehead atoms. The first-order valence-electron chi connectivity index (χ1n) is 7.55. The van der Waals surface area contributed by atoms with Crippen LogP contribution in [0.3, 0.4) is 0 Å². The van der Waals surface area contributed by atoms with Crippen molar-refractivity contribution in [3.8, 4) is 0 Å². The van der Waals surface area contributed by atoms with Crippen LogP contribution in [0, 0.1) is 12.0 Å². The van der Waals surface area contributed by atoms with E-state index in [1.165, 1.54) is 37.7 Å². The monoisotopic (exact) mass is 261 g/mol. The number of hydrogen-bond acceptors (Lipinski definition) is 2. The van der Waals surface area contributed by atoms with E-state index in [4.69, 9.17) is 9.47 Å². The number of benzene rings is 1. The minimum atomic E-state index is 0.714. The summed E-state index contributed by atoms with van der Waals surface area (Å²) >= 11 is 0. The molecule has 0 N–H and O–H groups in total. The Kier molecular flexibility index (Phi) is 6.97. The number of rotatable bonds is 8. The third kappa shape index (κ3) is 6.22. The zero-order valence-electron chi connectivity index (χ0n) is 11.8. The van der Waals surface area contributed by atoms with Gasteiger partial charge in [0.1, 0.15) is 0 Å². The Labute approximate surface area is 117 Å². The van der Waals surface area contributed by atoms with Gasteiger partial charge in [-0.15, -0.1) is 0 Å². The van der Waals surface area contributed by atoms with Gasteiger partial charge in [0.05, 0.1) is 19.8 Å². The third-order valence-electron chi connectivity index (χ3n) is 3.77. The number of ether oxygens (including phenoxy) is 2. The molecule has 1 aliphatic carbocycles. The second-order valence-electron chi connectivity index (χ2n) is 5.35. The first-order valence-corrected chi connectivity index (χ1v) is 7.55. The molecule has 0 amide bonds. The average molecular weight is 261 g/mol. The van der Waals surface area contributed by atoms with E-state index in [2.05, 4.69) is 18.2 Å². The molecule has 1 aliphatic rings. The van der Waals surface area contributed by atoms with Gasteiger partial charge in [0, 0.05) is 6.61 Å². The summed E-state index contributed by atoms with van der Waals surface area (Å²) in [5.74, 6) is 0.800. The summed E-state index contributed by atoms with van der Waals surface area (Å²) in [6.07, 6.45) is 7.87. The topological polar surface area (TPSA) is 18.5 Å². The maximum Gasteiger partial charge on any atom is 0.0700 e. The molecule has 0 saturated heterocycles. The Hall–Kier alpha value is -0.860.